The molecule has 1 amide bonds. The molecule has 0 fully saturated rings. The molecular formula is C9H19NO2. The minimum absolute atomic E-state index is 0.0236. The van der Waals surface area contributed by atoms with Crippen molar-refractivity contribution in [3.05, 3.63) is 0 Å². The second-order valence-corrected chi connectivity index (χ2v) is 3.34. The number of carbonyl (C=O) groups excluding carboxylic acids is 1. The van der Waals surface area contributed by atoms with Gasteiger partial charge in [-0.05, 0) is 19.8 Å². The summed E-state index contributed by atoms with van der Waals surface area (Å²) in [5.74, 6) is 0.0236. The van der Waals surface area contributed by atoms with Crippen LogP contribution in [-0.2, 0) is 9.53 Å². The molecule has 0 aliphatic heterocycles. The molecule has 0 heterocycles. The number of ether oxygens (including phenoxy) is 1. The molecule has 0 aromatic rings. The van der Waals surface area contributed by atoms with E-state index in [-0.39, 0.29) is 11.4 Å². The first-order valence-corrected chi connectivity index (χ1v) is 4.32. The summed E-state index contributed by atoms with van der Waals surface area (Å²) in [6.07, 6.45) is 1.79. The van der Waals surface area contributed by atoms with Crippen LogP contribution in [0.15, 0.2) is 0 Å². The molecule has 0 aliphatic rings. The number of methoxy groups -OCH3 is 1. The molecule has 1 unspecified atom stereocenters. The first kappa shape index (κ1) is 11.4. The zero-order chi connectivity index (χ0) is 9.61. The Morgan fingerprint density at radius 2 is 2.17 bits per heavy atom. The first-order chi connectivity index (χ1) is 5.54. The van der Waals surface area contributed by atoms with E-state index in [1.165, 1.54) is 0 Å². The fraction of sp³-hybridized carbons (Fsp3) is 0.889. The van der Waals surface area contributed by atoms with Gasteiger partial charge in [0.05, 0.1) is 0 Å². The third-order valence-electron chi connectivity index (χ3n) is 2.12. The van der Waals surface area contributed by atoms with E-state index in [1.807, 2.05) is 6.92 Å². The number of nitrogens with one attached hydrogen (secondary N) is 1. The summed E-state index contributed by atoms with van der Waals surface area (Å²) in [7, 11) is 1.67. The summed E-state index contributed by atoms with van der Waals surface area (Å²) in [6.45, 7) is 6.32. The number of amides is 1. The van der Waals surface area contributed by atoms with Crippen LogP contribution >= 0.6 is 0 Å². The molecule has 0 radical (unpaired) electrons. The molecule has 0 aromatic heterocycles. The molecule has 0 rings (SSSR count). The molecule has 0 spiro atoms. The summed E-state index contributed by atoms with van der Waals surface area (Å²) in [4.78, 5) is 10.8. The van der Waals surface area contributed by atoms with Gasteiger partial charge in [0.15, 0.2) is 0 Å². The quantitative estimate of drug-likeness (QED) is 0.681. The van der Waals surface area contributed by atoms with Crippen molar-refractivity contribution in [2.45, 2.75) is 39.2 Å². The second-order valence-electron chi connectivity index (χ2n) is 3.34. The van der Waals surface area contributed by atoms with Gasteiger partial charge >= 0.3 is 0 Å². The Labute approximate surface area is 74.5 Å². The average molecular weight is 173 g/mol. The fourth-order valence-electron chi connectivity index (χ4n) is 1.08. The lowest BCUT2D eigenvalue weighted by molar-refractivity contribution is -0.120. The summed E-state index contributed by atoms with van der Waals surface area (Å²) in [6, 6.07) is 0. The van der Waals surface area contributed by atoms with E-state index in [1.54, 1.807) is 14.0 Å². The van der Waals surface area contributed by atoms with E-state index in [4.69, 9.17) is 4.74 Å². The van der Waals surface area contributed by atoms with Gasteiger partial charge in [0, 0.05) is 26.2 Å². The van der Waals surface area contributed by atoms with Crippen molar-refractivity contribution in [1.82, 2.24) is 5.32 Å². The standard InChI is InChI=1S/C9H19NO2/c1-5-9(3,6-7-12-4)10-8(2)11/h5-7H2,1-4H3,(H,10,11). The molecule has 0 aliphatic carbocycles. The highest BCUT2D eigenvalue weighted by atomic mass is 16.5. The second kappa shape index (κ2) is 5.14. The van der Waals surface area contributed by atoms with Crippen molar-refractivity contribution >= 4 is 5.91 Å². The van der Waals surface area contributed by atoms with Crippen molar-refractivity contribution in [2.75, 3.05) is 13.7 Å². The molecular weight excluding hydrogens is 154 g/mol. The number of hydrogen-bond acceptors (Lipinski definition) is 2. The molecule has 3 heteroatoms. The van der Waals surface area contributed by atoms with Gasteiger partial charge in [-0.2, -0.15) is 0 Å². The number of hydrogen-bond donors (Lipinski definition) is 1. The van der Waals surface area contributed by atoms with Crippen LogP contribution in [0.4, 0.5) is 0 Å². The third-order valence-corrected chi connectivity index (χ3v) is 2.12. The Bertz CT molecular complexity index is 147. The predicted octanol–water partition coefficient (Wildman–Crippen LogP) is 1.33. The molecule has 72 valence electrons. The number of carbonyl (C=O) groups is 1. The summed E-state index contributed by atoms with van der Waals surface area (Å²) < 4.78 is 4.97. The molecule has 3 nitrogen and oxygen atoms in total. The maximum atomic E-state index is 10.8. The van der Waals surface area contributed by atoms with Gasteiger partial charge in [-0.1, -0.05) is 6.92 Å². The topological polar surface area (TPSA) is 38.3 Å². The van der Waals surface area contributed by atoms with Crippen molar-refractivity contribution in [2.24, 2.45) is 0 Å². The zero-order valence-electron chi connectivity index (χ0n) is 8.44. The third kappa shape index (κ3) is 4.34. The Morgan fingerprint density at radius 3 is 2.50 bits per heavy atom. The first-order valence-electron chi connectivity index (χ1n) is 4.32. The molecule has 1 N–H and O–H groups in total. The largest absolute Gasteiger partial charge is 0.385 e. The Kier molecular flexibility index (Phi) is 4.90. The van der Waals surface area contributed by atoms with Gasteiger partial charge in [0.1, 0.15) is 0 Å². The Balaban J connectivity index is 3.95. The van der Waals surface area contributed by atoms with E-state index in [2.05, 4.69) is 12.2 Å². The summed E-state index contributed by atoms with van der Waals surface area (Å²) >= 11 is 0. The molecule has 12 heavy (non-hydrogen) atoms. The van der Waals surface area contributed by atoms with Gasteiger partial charge in [0.2, 0.25) is 5.91 Å². The highest BCUT2D eigenvalue weighted by Crippen LogP contribution is 2.13. The maximum Gasteiger partial charge on any atom is 0.217 e. The number of rotatable bonds is 5. The van der Waals surface area contributed by atoms with Gasteiger partial charge < -0.3 is 10.1 Å². The van der Waals surface area contributed by atoms with Gasteiger partial charge in [-0.15, -0.1) is 0 Å². The SMILES string of the molecule is CCC(C)(CCOC)NC(C)=O. The van der Waals surface area contributed by atoms with E-state index < -0.39 is 0 Å². The summed E-state index contributed by atoms with van der Waals surface area (Å²) in [5, 5.41) is 2.92. The van der Waals surface area contributed by atoms with Crippen molar-refractivity contribution in [3.63, 3.8) is 0 Å². The molecule has 0 saturated heterocycles. The van der Waals surface area contributed by atoms with Crippen LogP contribution in [0.5, 0.6) is 0 Å². The lowest BCUT2D eigenvalue weighted by Crippen LogP contribution is -2.45. The molecule has 0 bridgehead atoms. The normalized spacial score (nSPS) is 15.3. The van der Waals surface area contributed by atoms with Crippen molar-refractivity contribution in [1.29, 1.82) is 0 Å². The van der Waals surface area contributed by atoms with E-state index in [0.29, 0.717) is 6.61 Å². The van der Waals surface area contributed by atoms with Crippen LogP contribution in [0.25, 0.3) is 0 Å². The Hall–Kier alpha value is -0.570. The minimum Gasteiger partial charge on any atom is -0.385 e. The van der Waals surface area contributed by atoms with E-state index >= 15 is 0 Å². The van der Waals surface area contributed by atoms with Crippen LogP contribution in [0.1, 0.15) is 33.6 Å². The van der Waals surface area contributed by atoms with Crippen LogP contribution in [-0.4, -0.2) is 25.2 Å². The summed E-state index contributed by atoms with van der Waals surface area (Å²) in [5.41, 5.74) is -0.109. The zero-order valence-corrected chi connectivity index (χ0v) is 8.44. The van der Waals surface area contributed by atoms with Gasteiger partial charge in [-0.25, -0.2) is 0 Å². The van der Waals surface area contributed by atoms with Crippen LogP contribution < -0.4 is 5.32 Å². The monoisotopic (exact) mass is 173 g/mol. The predicted molar refractivity (Wildman–Crippen MR) is 49.0 cm³/mol. The van der Waals surface area contributed by atoms with E-state index in [0.717, 1.165) is 12.8 Å². The average Bonchev–Trinajstić information content (AvgIpc) is 2.00. The Morgan fingerprint density at radius 1 is 1.58 bits per heavy atom. The van der Waals surface area contributed by atoms with Crippen LogP contribution in [0.2, 0.25) is 0 Å². The lowest BCUT2D eigenvalue weighted by atomic mass is 9.95. The van der Waals surface area contributed by atoms with Crippen molar-refractivity contribution in [3.8, 4) is 0 Å². The highest BCUT2D eigenvalue weighted by molar-refractivity contribution is 5.73. The highest BCUT2D eigenvalue weighted by Gasteiger charge is 2.21. The lowest BCUT2D eigenvalue weighted by Gasteiger charge is -2.28. The molecule has 0 saturated carbocycles. The van der Waals surface area contributed by atoms with Crippen LogP contribution in [0, 0.1) is 0 Å². The van der Waals surface area contributed by atoms with Gasteiger partial charge in [0.25, 0.3) is 0 Å². The minimum atomic E-state index is -0.109. The van der Waals surface area contributed by atoms with Crippen LogP contribution in [0.3, 0.4) is 0 Å². The van der Waals surface area contributed by atoms with Gasteiger partial charge in [-0.3, -0.25) is 4.79 Å². The maximum absolute atomic E-state index is 10.8. The fourth-order valence-corrected chi connectivity index (χ4v) is 1.08. The molecule has 0 aromatic carbocycles. The van der Waals surface area contributed by atoms with Crippen molar-refractivity contribution < 1.29 is 9.53 Å². The van der Waals surface area contributed by atoms with E-state index in [9.17, 15) is 4.79 Å². The smallest absolute Gasteiger partial charge is 0.217 e. The molecule has 1 atom stereocenters.